The number of thiophene rings is 1. The molecule has 1 N–H and O–H groups in total. The lowest BCUT2D eigenvalue weighted by Gasteiger charge is -2.05. The number of hydrogen-bond acceptors (Lipinski definition) is 4. The van der Waals surface area contributed by atoms with Gasteiger partial charge in [-0.2, -0.15) is 0 Å². The standard InChI is InChI=1S/C10H12O3S2/c1-7(5-9(11)12)6-15-10(13)8-3-2-4-14-8/h2-4,7H,5-6H2,1H3,(H,11,12). The van der Waals surface area contributed by atoms with E-state index in [0.29, 0.717) is 5.75 Å². The largest absolute Gasteiger partial charge is 0.481 e. The molecule has 0 spiro atoms. The van der Waals surface area contributed by atoms with E-state index < -0.39 is 5.97 Å². The van der Waals surface area contributed by atoms with Crippen LogP contribution in [0.15, 0.2) is 17.5 Å². The fraction of sp³-hybridized carbons (Fsp3) is 0.400. The van der Waals surface area contributed by atoms with Crippen molar-refractivity contribution in [2.24, 2.45) is 5.92 Å². The lowest BCUT2D eigenvalue weighted by atomic mass is 10.1. The van der Waals surface area contributed by atoms with Crippen LogP contribution in [-0.4, -0.2) is 21.9 Å². The van der Waals surface area contributed by atoms with Gasteiger partial charge in [-0.05, 0) is 17.4 Å². The second-order valence-electron chi connectivity index (χ2n) is 3.28. The van der Waals surface area contributed by atoms with Gasteiger partial charge in [-0.25, -0.2) is 0 Å². The molecule has 0 radical (unpaired) electrons. The molecule has 0 aromatic carbocycles. The minimum absolute atomic E-state index is 0.0245. The van der Waals surface area contributed by atoms with Crippen LogP contribution in [0.4, 0.5) is 0 Å². The van der Waals surface area contributed by atoms with Crippen molar-refractivity contribution in [3.8, 4) is 0 Å². The normalized spacial score (nSPS) is 12.3. The Morgan fingerprint density at radius 3 is 2.87 bits per heavy atom. The summed E-state index contributed by atoms with van der Waals surface area (Å²) in [6.07, 6.45) is 0.116. The van der Waals surface area contributed by atoms with Gasteiger partial charge in [0.1, 0.15) is 0 Å². The van der Waals surface area contributed by atoms with Gasteiger partial charge < -0.3 is 5.11 Å². The summed E-state index contributed by atoms with van der Waals surface area (Å²) in [6.45, 7) is 1.84. The van der Waals surface area contributed by atoms with Crippen LogP contribution in [0.5, 0.6) is 0 Å². The number of carbonyl (C=O) groups is 2. The van der Waals surface area contributed by atoms with Gasteiger partial charge in [0, 0.05) is 12.2 Å². The minimum atomic E-state index is -0.813. The summed E-state index contributed by atoms with van der Waals surface area (Å²) in [5.41, 5.74) is 0. The third-order valence-electron chi connectivity index (χ3n) is 1.74. The molecule has 0 saturated carbocycles. The number of hydrogen-bond donors (Lipinski definition) is 1. The second-order valence-corrected chi connectivity index (χ2v) is 5.22. The van der Waals surface area contributed by atoms with Gasteiger partial charge in [0.25, 0.3) is 0 Å². The molecule has 1 heterocycles. The average Bonchev–Trinajstić information content (AvgIpc) is 2.65. The Kier molecular flexibility index (Phi) is 4.84. The maximum atomic E-state index is 11.5. The van der Waals surface area contributed by atoms with Gasteiger partial charge in [0.05, 0.1) is 4.88 Å². The topological polar surface area (TPSA) is 54.4 Å². The molecule has 0 bridgehead atoms. The highest BCUT2D eigenvalue weighted by atomic mass is 32.2. The van der Waals surface area contributed by atoms with Crippen LogP contribution in [0.25, 0.3) is 0 Å². The van der Waals surface area contributed by atoms with E-state index in [1.807, 2.05) is 18.4 Å². The molecule has 82 valence electrons. The molecule has 1 unspecified atom stereocenters. The van der Waals surface area contributed by atoms with Gasteiger partial charge in [-0.15, -0.1) is 11.3 Å². The van der Waals surface area contributed by atoms with Crippen molar-refractivity contribution in [3.63, 3.8) is 0 Å². The molecule has 1 aromatic rings. The molecule has 0 fully saturated rings. The van der Waals surface area contributed by atoms with E-state index >= 15 is 0 Å². The minimum Gasteiger partial charge on any atom is -0.481 e. The summed E-state index contributed by atoms with van der Waals surface area (Å²) in [6, 6.07) is 3.61. The van der Waals surface area contributed by atoms with E-state index in [0.717, 1.165) is 4.88 Å². The molecule has 0 aliphatic rings. The summed E-state index contributed by atoms with van der Waals surface area (Å²) >= 11 is 2.60. The van der Waals surface area contributed by atoms with Crippen LogP contribution in [0, 0.1) is 5.92 Å². The van der Waals surface area contributed by atoms with Crippen molar-refractivity contribution in [2.45, 2.75) is 13.3 Å². The zero-order valence-corrected chi connectivity index (χ0v) is 9.94. The maximum absolute atomic E-state index is 11.5. The third kappa shape index (κ3) is 4.48. The Morgan fingerprint density at radius 2 is 2.33 bits per heavy atom. The lowest BCUT2D eigenvalue weighted by molar-refractivity contribution is -0.137. The van der Waals surface area contributed by atoms with Crippen molar-refractivity contribution in [1.29, 1.82) is 0 Å². The highest BCUT2D eigenvalue weighted by molar-refractivity contribution is 8.14. The molecule has 0 aliphatic carbocycles. The predicted octanol–water partition coefficient (Wildman–Crippen LogP) is 2.73. The maximum Gasteiger partial charge on any atom is 0.303 e. The molecule has 1 atom stereocenters. The molecule has 1 aromatic heterocycles. The van der Waals surface area contributed by atoms with Crippen LogP contribution in [-0.2, 0) is 4.79 Å². The SMILES string of the molecule is CC(CSC(=O)c1cccs1)CC(=O)O. The summed E-state index contributed by atoms with van der Waals surface area (Å²) in [5, 5.41) is 10.4. The van der Waals surface area contributed by atoms with E-state index in [9.17, 15) is 9.59 Å². The van der Waals surface area contributed by atoms with Crippen LogP contribution < -0.4 is 0 Å². The van der Waals surface area contributed by atoms with Crippen LogP contribution in [0.1, 0.15) is 23.0 Å². The Bertz CT molecular complexity index is 332. The van der Waals surface area contributed by atoms with E-state index in [2.05, 4.69) is 0 Å². The highest BCUT2D eigenvalue weighted by Gasteiger charge is 2.12. The molecule has 15 heavy (non-hydrogen) atoms. The van der Waals surface area contributed by atoms with Gasteiger partial charge in [0.2, 0.25) is 5.12 Å². The molecule has 5 heteroatoms. The number of rotatable bonds is 5. The highest BCUT2D eigenvalue weighted by Crippen LogP contribution is 2.20. The first-order valence-corrected chi connectivity index (χ1v) is 6.38. The van der Waals surface area contributed by atoms with Gasteiger partial charge in [0.15, 0.2) is 0 Å². The Labute approximate surface area is 96.5 Å². The Morgan fingerprint density at radius 1 is 1.60 bits per heavy atom. The summed E-state index contributed by atoms with van der Waals surface area (Å²) < 4.78 is 0. The number of carboxylic acids is 1. The first kappa shape index (κ1) is 12.3. The number of aliphatic carboxylic acids is 1. The smallest absolute Gasteiger partial charge is 0.303 e. The quantitative estimate of drug-likeness (QED) is 0.865. The van der Waals surface area contributed by atoms with Gasteiger partial charge in [-0.3, -0.25) is 9.59 Å². The van der Waals surface area contributed by atoms with Crippen LogP contribution >= 0.6 is 23.1 Å². The Balaban J connectivity index is 2.31. The van der Waals surface area contributed by atoms with E-state index in [1.165, 1.54) is 23.1 Å². The third-order valence-corrected chi connectivity index (χ3v) is 3.96. The summed E-state index contributed by atoms with van der Waals surface area (Å²) in [5.74, 6) is -0.230. The monoisotopic (exact) mass is 244 g/mol. The molecular formula is C10H12O3S2. The predicted molar refractivity (Wildman–Crippen MR) is 62.5 cm³/mol. The van der Waals surface area contributed by atoms with E-state index in [-0.39, 0.29) is 17.5 Å². The van der Waals surface area contributed by atoms with Crippen molar-refractivity contribution in [3.05, 3.63) is 22.4 Å². The van der Waals surface area contributed by atoms with Crippen molar-refractivity contribution < 1.29 is 14.7 Å². The van der Waals surface area contributed by atoms with Crippen molar-refractivity contribution >= 4 is 34.2 Å². The van der Waals surface area contributed by atoms with Gasteiger partial charge >= 0.3 is 5.97 Å². The molecular weight excluding hydrogens is 232 g/mol. The van der Waals surface area contributed by atoms with Crippen LogP contribution in [0.3, 0.4) is 0 Å². The molecule has 1 rings (SSSR count). The fourth-order valence-electron chi connectivity index (χ4n) is 1.04. The van der Waals surface area contributed by atoms with Crippen molar-refractivity contribution in [1.82, 2.24) is 0 Å². The molecule has 0 amide bonds. The van der Waals surface area contributed by atoms with Gasteiger partial charge in [-0.1, -0.05) is 24.8 Å². The first-order chi connectivity index (χ1) is 7.09. The van der Waals surface area contributed by atoms with Crippen LogP contribution in [0.2, 0.25) is 0 Å². The number of thioether (sulfide) groups is 1. The van der Waals surface area contributed by atoms with E-state index in [4.69, 9.17) is 5.11 Å². The lowest BCUT2D eigenvalue weighted by Crippen LogP contribution is -2.07. The molecule has 3 nitrogen and oxygen atoms in total. The van der Waals surface area contributed by atoms with Crippen molar-refractivity contribution in [2.75, 3.05) is 5.75 Å². The second kappa shape index (κ2) is 5.92. The number of carbonyl (C=O) groups excluding carboxylic acids is 1. The van der Waals surface area contributed by atoms with E-state index in [1.54, 1.807) is 6.07 Å². The zero-order valence-electron chi connectivity index (χ0n) is 8.30. The molecule has 0 saturated heterocycles. The first-order valence-electron chi connectivity index (χ1n) is 4.52. The molecule has 0 aliphatic heterocycles. The summed E-state index contributed by atoms with van der Waals surface area (Å²) in [4.78, 5) is 22.6. The zero-order chi connectivity index (χ0) is 11.3. The number of carboxylic acid groups (broad SMARTS) is 1. The summed E-state index contributed by atoms with van der Waals surface area (Å²) in [7, 11) is 0. The average molecular weight is 244 g/mol. The fourth-order valence-corrected chi connectivity index (χ4v) is 2.68. The Hall–Kier alpha value is -0.810.